The number of rotatable bonds is 1. The van der Waals surface area contributed by atoms with Crippen molar-refractivity contribution in [3.8, 4) is 9.75 Å². The Bertz CT molecular complexity index is 751. The Kier molecular flexibility index (Phi) is 1.99. The third kappa shape index (κ3) is 1.24. The van der Waals surface area contributed by atoms with E-state index >= 15 is 0 Å². The third-order valence-corrected chi connectivity index (χ3v) is 7.09. The first kappa shape index (κ1) is 9.36. The second-order valence-electron chi connectivity index (χ2n) is 3.51. The van der Waals surface area contributed by atoms with Gasteiger partial charge in [0.1, 0.15) is 0 Å². The Labute approximate surface area is 108 Å². The van der Waals surface area contributed by atoms with E-state index in [1.165, 1.54) is 28.6 Å². The number of hydrogen-bond acceptors (Lipinski definition) is 4. The van der Waals surface area contributed by atoms with Gasteiger partial charge in [0.2, 0.25) is 0 Å². The van der Waals surface area contributed by atoms with Crippen LogP contribution in [0.15, 0.2) is 35.0 Å². The molecule has 0 aliphatic rings. The first-order valence-electron chi connectivity index (χ1n) is 4.85. The van der Waals surface area contributed by atoms with Gasteiger partial charge in [-0.15, -0.1) is 45.3 Å². The Morgan fingerprint density at radius 3 is 2.75 bits per heavy atom. The maximum absolute atomic E-state index is 2.34. The standard InChI is InChI=1S/C12H6S4/c1-2-8(13-4-1)9-6-10-11(15-9)7-3-5-14-12(7)16-10/h1-6H. The quantitative estimate of drug-likeness (QED) is 0.406. The highest BCUT2D eigenvalue weighted by Gasteiger charge is 2.11. The second-order valence-corrected chi connectivity index (χ2v) is 7.73. The molecular formula is C12H6S4. The van der Waals surface area contributed by atoms with Crippen LogP contribution in [0.1, 0.15) is 0 Å². The van der Waals surface area contributed by atoms with Crippen molar-refractivity contribution in [3.63, 3.8) is 0 Å². The molecule has 4 heteroatoms. The Hall–Kier alpha value is -0.680. The highest BCUT2D eigenvalue weighted by atomic mass is 32.2. The van der Waals surface area contributed by atoms with Gasteiger partial charge >= 0.3 is 0 Å². The average Bonchev–Trinajstić information content (AvgIpc) is 2.98. The van der Waals surface area contributed by atoms with E-state index in [0.717, 1.165) is 0 Å². The number of fused-ring (bicyclic) bond motifs is 3. The molecule has 0 aromatic carbocycles. The molecule has 0 spiro atoms. The lowest BCUT2D eigenvalue weighted by Crippen LogP contribution is -1.56. The van der Waals surface area contributed by atoms with Gasteiger partial charge < -0.3 is 0 Å². The van der Waals surface area contributed by atoms with Crippen LogP contribution in [0.5, 0.6) is 0 Å². The van der Waals surface area contributed by atoms with Crippen LogP contribution in [0.25, 0.3) is 28.6 Å². The maximum atomic E-state index is 2.34. The molecule has 0 fully saturated rings. The smallest absolute Gasteiger partial charge is 0.0885 e. The fraction of sp³-hybridized carbons (Fsp3) is 0. The van der Waals surface area contributed by atoms with Gasteiger partial charge in [-0.05, 0) is 29.0 Å². The molecule has 0 amide bonds. The summed E-state index contributed by atoms with van der Waals surface area (Å²) in [6.07, 6.45) is 0. The van der Waals surface area contributed by atoms with E-state index in [4.69, 9.17) is 0 Å². The molecular weight excluding hydrogens is 272 g/mol. The summed E-state index contributed by atoms with van der Waals surface area (Å²) in [6, 6.07) is 8.90. The zero-order chi connectivity index (χ0) is 10.5. The van der Waals surface area contributed by atoms with Crippen LogP contribution in [0.3, 0.4) is 0 Å². The highest BCUT2D eigenvalue weighted by molar-refractivity contribution is 7.44. The Morgan fingerprint density at radius 2 is 1.88 bits per heavy atom. The molecule has 78 valence electrons. The van der Waals surface area contributed by atoms with Crippen molar-refractivity contribution in [2.75, 3.05) is 0 Å². The lowest BCUT2D eigenvalue weighted by molar-refractivity contribution is 1.97. The van der Waals surface area contributed by atoms with Crippen LogP contribution in [0, 0.1) is 0 Å². The van der Waals surface area contributed by atoms with Crippen LogP contribution in [-0.2, 0) is 0 Å². The minimum absolute atomic E-state index is 1.39. The average molecular weight is 278 g/mol. The minimum atomic E-state index is 1.39. The molecule has 0 radical (unpaired) electrons. The third-order valence-electron chi connectivity index (χ3n) is 2.54. The van der Waals surface area contributed by atoms with Crippen molar-refractivity contribution >= 4 is 64.1 Å². The van der Waals surface area contributed by atoms with E-state index < -0.39 is 0 Å². The summed E-state index contributed by atoms with van der Waals surface area (Å²) in [7, 11) is 0. The number of thiophene rings is 4. The van der Waals surface area contributed by atoms with Crippen molar-refractivity contribution in [1.82, 2.24) is 0 Å². The monoisotopic (exact) mass is 278 g/mol. The van der Waals surface area contributed by atoms with Crippen LogP contribution >= 0.6 is 45.3 Å². The lowest BCUT2D eigenvalue weighted by atomic mass is 10.3. The Balaban J connectivity index is 2.05. The predicted molar refractivity (Wildman–Crippen MR) is 78.4 cm³/mol. The van der Waals surface area contributed by atoms with Crippen LogP contribution in [0.4, 0.5) is 0 Å². The van der Waals surface area contributed by atoms with Gasteiger partial charge in [-0.25, -0.2) is 0 Å². The molecule has 0 bridgehead atoms. The molecule has 4 aromatic rings. The van der Waals surface area contributed by atoms with Gasteiger partial charge in [0.25, 0.3) is 0 Å². The highest BCUT2D eigenvalue weighted by Crippen LogP contribution is 2.45. The Morgan fingerprint density at radius 1 is 0.875 bits per heavy atom. The topological polar surface area (TPSA) is 0 Å². The van der Waals surface area contributed by atoms with Gasteiger partial charge in [0, 0.05) is 19.8 Å². The van der Waals surface area contributed by atoms with Crippen LogP contribution in [0.2, 0.25) is 0 Å². The molecule has 4 aromatic heterocycles. The summed E-state index contributed by atoms with van der Waals surface area (Å²) < 4.78 is 4.36. The molecule has 0 atom stereocenters. The van der Waals surface area contributed by atoms with E-state index in [9.17, 15) is 0 Å². The van der Waals surface area contributed by atoms with E-state index in [-0.39, 0.29) is 0 Å². The van der Waals surface area contributed by atoms with E-state index in [1.54, 1.807) is 0 Å². The molecule has 0 aliphatic carbocycles. The molecule has 0 saturated carbocycles. The number of hydrogen-bond donors (Lipinski definition) is 0. The first-order chi connectivity index (χ1) is 7.92. The van der Waals surface area contributed by atoms with Crippen LogP contribution in [-0.4, -0.2) is 0 Å². The minimum Gasteiger partial charge on any atom is -0.143 e. The van der Waals surface area contributed by atoms with Gasteiger partial charge in [-0.1, -0.05) is 6.07 Å². The summed E-state index contributed by atoms with van der Waals surface area (Å²) >= 11 is 7.51. The maximum Gasteiger partial charge on any atom is 0.0885 e. The molecule has 4 rings (SSSR count). The largest absolute Gasteiger partial charge is 0.143 e. The van der Waals surface area contributed by atoms with Gasteiger partial charge in [-0.3, -0.25) is 0 Å². The summed E-state index contributed by atoms with van der Waals surface area (Å²) in [4.78, 5) is 2.79. The summed E-state index contributed by atoms with van der Waals surface area (Å²) in [6.45, 7) is 0. The SMILES string of the molecule is c1csc(-c2cc3sc4sccc4c3s2)c1. The van der Waals surface area contributed by atoms with Crippen LogP contribution < -0.4 is 0 Å². The molecule has 0 unspecified atom stereocenters. The van der Waals surface area contributed by atoms with Crippen molar-refractivity contribution in [3.05, 3.63) is 35.0 Å². The molecule has 0 aliphatic heterocycles. The van der Waals surface area contributed by atoms with Gasteiger partial charge in [0.05, 0.1) is 8.71 Å². The second kappa shape index (κ2) is 3.40. The fourth-order valence-corrected chi connectivity index (χ4v) is 6.30. The van der Waals surface area contributed by atoms with Crippen molar-refractivity contribution < 1.29 is 0 Å². The van der Waals surface area contributed by atoms with Gasteiger partial charge in [0.15, 0.2) is 0 Å². The summed E-state index contributed by atoms with van der Waals surface area (Å²) in [5.41, 5.74) is 0. The van der Waals surface area contributed by atoms with E-state index in [2.05, 4.69) is 35.0 Å². The van der Waals surface area contributed by atoms with E-state index in [0.29, 0.717) is 0 Å². The molecule has 0 saturated heterocycles. The molecule has 16 heavy (non-hydrogen) atoms. The summed E-state index contributed by atoms with van der Waals surface area (Å²) in [5, 5.41) is 5.77. The molecule has 4 heterocycles. The van der Waals surface area contributed by atoms with E-state index in [1.807, 2.05) is 45.3 Å². The molecule has 0 N–H and O–H groups in total. The van der Waals surface area contributed by atoms with Crippen molar-refractivity contribution in [2.45, 2.75) is 0 Å². The zero-order valence-corrected chi connectivity index (χ0v) is 11.4. The fourth-order valence-electron chi connectivity index (χ4n) is 1.82. The first-order valence-corrected chi connectivity index (χ1v) is 8.24. The van der Waals surface area contributed by atoms with Crippen molar-refractivity contribution in [1.29, 1.82) is 0 Å². The zero-order valence-electron chi connectivity index (χ0n) is 8.10. The normalized spacial score (nSPS) is 11.8. The molecule has 0 nitrogen and oxygen atoms in total. The predicted octanol–water partition coefficient (Wildman–Crippen LogP) is 5.91. The van der Waals surface area contributed by atoms with Crippen molar-refractivity contribution in [2.24, 2.45) is 0 Å². The lowest BCUT2D eigenvalue weighted by Gasteiger charge is -1.86. The summed E-state index contributed by atoms with van der Waals surface area (Å²) in [5.74, 6) is 0. The van der Waals surface area contributed by atoms with Gasteiger partial charge in [-0.2, -0.15) is 0 Å².